The molecule has 2 N–H and O–H groups in total. The van der Waals surface area contributed by atoms with E-state index in [0.717, 1.165) is 6.07 Å². The van der Waals surface area contributed by atoms with Gasteiger partial charge in [0, 0.05) is 5.02 Å². The van der Waals surface area contributed by atoms with Crippen LogP contribution >= 0.6 is 11.6 Å². The third-order valence-corrected chi connectivity index (χ3v) is 4.04. The molecule has 0 bridgehead atoms. The van der Waals surface area contributed by atoms with Crippen LogP contribution in [0.2, 0.25) is 5.02 Å². The van der Waals surface area contributed by atoms with Crippen molar-refractivity contribution in [2.75, 3.05) is 5.32 Å². The Kier molecular flexibility index (Phi) is 7.17. The van der Waals surface area contributed by atoms with Crippen LogP contribution < -0.4 is 10.6 Å². The van der Waals surface area contributed by atoms with E-state index < -0.39 is 35.7 Å². The first kappa shape index (κ1) is 21.4. The normalized spacial score (nSPS) is 12.9. The minimum absolute atomic E-state index is 0.0439. The highest BCUT2D eigenvalue weighted by Gasteiger charge is 2.30. The van der Waals surface area contributed by atoms with Gasteiger partial charge in [0.05, 0.1) is 12.0 Å². The van der Waals surface area contributed by atoms with E-state index in [1.165, 1.54) is 31.4 Å². The zero-order chi connectivity index (χ0) is 20.8. The summed E-state index contributed by atoms with van der Waals surface area (Å²) in [6.07, 6.45) is 0.115. The van der Waals surface area contributed by atoms with Crippen molar-refractivity contribution in [2.24, 2.45) is 5.92 Å². The number of anilines is 1. The highest BCUT2D eigenvalue weighted by atomic mass is 35.5. The van der Waals surface area contributed by atoms with Crippen molar-refractivity contribution in [3.63, 3.8) is 0 Å². The predicted octanol–water partition coefficient (Wildman–Crippen LogP) is 3.40. The minimum atomic E-state index is -1.22. The lowest BCUT2D eigenvalue weighted by Crippen LogP contribution is -2.47. The molecule has 1 heterocycles. The average molecular weight is 411 g/mol. The van der Waals surface area contributed by atoms with Gasteiger partial charge in [-0.1, -0.05) is 25.4 Å². The van der Waals surface area contributed by atoms with Crippen molar-refractivity contribution in [3.05, 3.63) is 53.2 Å². The van der Waals surface area contributed by atoms with Gasteiger partial charge in [0.15, 0.2) is 11.9 Å². The van der Waals surface area contributed by atoms with Gasteiger partial charge in [-0.3, -0.25) is 9.59 Å². The van der Waals surface area contributed by atoms with E-state index in [1.54, 1.807) is 19.9 Å². The fourth-order valence-corrected chi connectivity index (χ4v) is 2.40. The summed E-state index contributed by atoms with van der Waals surface area (Å²) in [5.74, 6) is -3.09. The lowest BCUT2D eigenvalue weighted by molar-refractivity contribution is -0.156. The van der Waals surface area contributed by atoms with Crippen LogP contribution in [0, 0.1) is 11.7 Å². The smallest absolute Gasteiger partial charge is 0.329 e. The van der Waals surface area contributed by atoms with Crippen molar-refractivity contribution < 1.29 is 27.9 Å². The molecule has 0 saturated heterocycles. The summed E-state index contributed by atoms with van der Waals surface area (Å²) < 4.78 is 23.9. The summed E-state index contributed by atoms with van der Waals surface area (Å²) >= 11 is 5.66. The molecule has 2 rings (SSSR count). The number of hydrogen-bond donors (Lipinski definition) is 2. The van der Waals surface area contributed by atoms with Gasteiger partial charge < -0.3 is 19.8 Å². The Morgan fingerprint density at radius 2 is 1.89 bits per heavy atom. The summed E-state index contributed by atoms with van der Waals surface area (Å²) in [5.41, 5.74) is -0.0937. The predicted molar refractivity (Wildman–Crippen MR) is 100 cm³/mol. The zero-order valence-electron chi connectivity index (χ0n) is 15.5. The van der Waals surface area contributed by atoms with E-state index >= 15 is 0 Å². The van der Waals surface area contributed by atoms with Crippen molar-refractivity contribution in [1.82, 2.24) is 5.32 Å². The second kappa shape index (κ2) is 9.36. The first-order valence-electron chi connectivity index (χ1n) is 8.49. The number of furan rings is 1. The molecule has 9 heteroatoms. The van der Waals surface area contributed by atoms with Crippen LogP contribution in [0.15, 0.2) is 41.0 Å². The standard InChI is InChI=1S/C19H20ClFN2O5/c1-10(2)16(23-18(25)15-5-4-8-27-15)19(26)28-11(3)17(24)22-14-7-6-12(20)9-13(14)21/h4-11,16H,1-3H3,(H,22,24)(H,23,25)/t11-,16+/m1/s1. The Hall–Kier alpha value is -2.87. The van der Waals surface area contributed by atoms with Crippen LogP contribution in [0.25, 0.3) is 0 Å². The molecule has 2 amide bonds. The summed E-state index contributed by atoms with van der Waals surface area (Å²) in [6.45, 7) is 4.76. The lowest BCUT2D eigenvalue weighted by Gasteiger charge is -2.22. The molecule has 0 radical (unpaired) electrons. The van der Waals surface area contributed by atoms with Gasteiger partial charge in [-0.15, -0.1) is 0 Å². The largest absolute Gasteiger partial charge is 0.459 e. The molecule has 1 aromatic carbocycles. The summed E-state index contributed by atoms with van der Waals surface area (Å²) in [4.78, 5) is 36.7. The average Bonchev–Trinajstić information content (AvgIpc) is 3.16. The lowest BCUT2D eigenvalue weighted by atomic mass is 10.0. The topological polar surface area (TPSA) is 97.6 Å². The van der Waals surface area contributed by atoms with Crippen LogP contribution in [0.5, 0.6) is 0 Å². The molecule has 0 aliphatic heterocycles. The third kappa shape index (κ3) is 5.56. The van der Waals surface area contributed by atoms with E-state index in [9.17, 15) is 18.8 Å². The number of amides is 2. The van der Waals surface area contributed by atoms with E-state index in [1.807, 2.05) is 0 Å². The number of carbonyl (C=O) groups is 3. The first-order valence-corrected chi connectivity index (χ1v) is 8.87. The first-order chi connectivity index (χ1) is 13.2. The van der Waals surface area contributed by atoms with Crippen molar-refractivity contribution in [2.45, 2.75) is 32.9 Å². The van der Waals surface area contributed by atoms with Crippen LogP contribution in [0.3, 0.4) is 0 Å². The van der Waals surface area contributed by atoms with Crippen molar-refractivity contribution in [3.8, 4) is 0 Å². The number of carbonyl (C=O) groups excluding carboxylic acids is 3. The fraction of sp³-hybridized carbons (Fsp3) is 0.316. The van der Waals surface area contributed by atoms with E-state index in [4.69, 9.17) is 20.8 Å². The van der Waals surface area contributed by atoms with Crippen molar-refractivity contribution >= 4 is 35.1 Å². The molecule has 0 aliphatic carbocycles. The fourth-order valence-electron chi connectivity index (χ4n) is 2.24. The molecular weight excluding hydrogens is 391 g/mol. The SMILES string of the molecule is CC(C)[C@H](NC(=O)c1ccco1)C(=O)O[C@H](C)C(=O)Nc1ccc(Cl)cc1F. The van der Waals surface area contributed by atoms with Crippen LogP contribution in [0.4, 0.5) is 10.1 Å². The molecule has 0 spiro atoms. The molecule has 2 atom stereocenters. The van der Waals surface area contributed by atoms with E-state index in [-0.39, 0.29) is 22.4 Å². The molecule has 0 saturated carbocycles. The minimum Gasteiger partial charge on any atom is -0.459 e. The van der Waals surface area contributed by atoms with Crippen molar-refractivity contribution in [1.29, 1.82) is 0 Å². The maximum absolute atomic E-state index is 13.8. The highest BCUT2D eigenvalue weighted by Crippen LogP contribution is 2.19. The number of ether oxygens (including phenoxy) is 1. The van der Waals surface area contributed by atoms with E-state index in [2.05, 4.69) is 10.6 Å². The maximum Gasteiger partial charge on any atom is 0.329 e. The Labute approximate surface area is 166 Å². The zero-order valence-corrected chi connectivity index (χ0v) is 16.2. The summed E-state index contributed by atoms with van der Waals surface area (Å²) in [6, 6.07) is 5.75. The van der Waals surface area contributed by atoms with Gasteiger partial charge in [-0.25, -0.2) is 9.18 Å². The Morgan fingerprint density at radius 1 is 1.18 bits per heavy atom. The number of benzene rings is 1. The number of halogens is 2. The Morgan fingerprint density at radius 3 is 2.46 bits per heavy atom. The van der Waals surface area contributed by atoms with Crippen LogP contribution in [0.1, 0.15) is 31.3 Å². The van der Waals surface area contributed by atoms with Gasteiger partial charge >= 0.3 is 5.97 Å². The second-order valence-corrected chi connectivity index (χ2v) is 6.80. The van der Waals surface area contributed by atoms with Gasteiger partial charge in [-0.2, -0.15) is 0 Å². The maximum atomic E-state index is 13.8. The van der Waals surface area contributed by atoms with E-state index in [0.29, 0.717) is 0 Å². The summed E-state index contributed by atoms with van der Waals surface area (Å²) in [7, 11) is 0. The quantitative estimate of drug-likeness (QED) is 0.682. The van der Waals surface area contributed by atoms with Gasteiger partial charge in [0.1, 0.15) is 11.9 Å². The van der Waals surface area contributed by atoms with Gasteiger partial charge in [0.2, 0.25) is 0 Å². The number of esters is 1. The molecule has 0 aliphatic rings. The van der Waals surface area contributed by atoms with Crippen LogP contribution in [-0.2, 0) is 14.3 Å². The molecule has 2 aromatic rings. The number of rotatable bonds is 7. The third-order valence-electron chi connectivity index (χ3n) is 3.80. The molecule has 150 valence electrons. The number of nitrogens with one attached hydrogen (secondary N) is 2. The number of hydrogen-bond acceptors (Lipinski definition) is 5. The molecule has 0 fully saturated rings. The monoisotopic (exact) mass is 410 g/mol. The molecule has 28 heavy (non-hydrogen) atoms. The Balaban J connectivity index is 1.99. The summed E-state index contributed by atoms with van der Waals surface area (Å²) in [5, 5.41) is 5.02. The Bertz CT molecular complexity index is 854. The molecular formula is C19H20ClFN2O5. The van der Waals surface area contributed by atoms with Gasteiger partial charge in [-0.05, 0) is 43.2 Å². The second-order valence-electron chi connectivity index (χ2n) is 6.36. The van der Waals surface area contributed by atoms with Crippen LogP contribution in [-0.4, -0.2) is 29.9 Å². The molecule has 1 aromatic heterocycles. The molecule has 7 nitrogen and oxygen atoms in total. The highest BCUT2D eigenvalue weighted by molar-refractivity contribution is 6.30. The molecule has 0 unspecified atom stereocenters. The van der Waals surface area contributed by atoms with Gasteiger partial charge in [0.25, 0.3) is 11.8 Å².